The molecule has 27 heavy (non-hydrogen) atoms. The van der Waals surface area contributed by atoms with Crippen LogP contribution in [0.4, 0.5) is 11.4 Å². The molecule has 2 aromatic carbocycles. The van der Waals surface area contributed by atoms with Crippen LogP contribution >= 0.6 is 11.9 Å². The van der Waals surface area contributed by atoms with Crippen molar-refractivity contribution in [2.24, 2.45) is 0 Å². The minimum absolute atomic E-state index is 0.735. The van der Waals surface area contributed by atoms with Crippen molar-refractivity contribution >= 4 is 34.2 Å². The van der Waals surface area contributed by atoms with Gasteiger partial charge in [-0.3, -0.25) is 15.6 Å². The van der Waals surface area contributed by atoms with E-state index in [9.17, 15) is 5.21 Å². The normalized spacial score (nSPS) is 14.7. The number of hydrogen-bond donors (Lipinski definition) is 2. The van der Waals surface area contributed by atoms with Gasteiger partial charge in [0.2, 0.25) is 0 Å². The smallest absolute Gasteiger partial charge is 0.0968 e. The van der Waals surface area contributed by atoms with E-state index in [2.05, 4.69) is 27.4 Å². The highest BCUT2D eigenvalue weighted by Crippen LogP contribution is 2.32. The van der Waals surface area contributed by atoms with Crippen molar-refractivity contribution in [2.75, 3.05) is 36.6 Å². The quantitative estimate of drug-likeness (QED) is 0.509. The van der Waals surface area contributed by atoms with E-state index in [1.807, 2.05) is 43.3 Å². The Balaban J connectivity index is 1.57. The van der Waals surface area contributed by atoms with Crippen LogP contribution < -0.4 is 10.3 Å². The molecule has 0 amide bonds. The Bertz CT molecular complexity index is 914. The molecule has 3 aromatic rings. The minimum atomic E-state index is 0.735. The van der Waals surface area contributed by atoms with Crippen LogP contribution in [0.1, 0.15) is 5.56 Å². The van der Waals surface area contributed by atoms with Crippen LogP contribution in [0.2, 0.25) is 0 Å². The first-order valence-electron chi connectivity index (χ1n) is 8.91. The Hall–Kier alpha value is -2.32. The molecule has 1 aliphatic rings. The van der Waals surface area contributed by atoms with E-state index in [1.165, 1.54) is 17.5 Å². The Morgan fingerprint density at radius 2 is 1.89 bits per heavy atom. The van der Waals surface area contributed by atoms with Gasteiger partial charge in [-0.1, -0.05) is 17.7 Å². The SMILES string of the molecule is Cc1ccc(SN(O)Nc2ccc(N3CCOCC3)c3cccnc23)cc1. The molecule has 0 unspecified atom stereocenters. The number of ether oxygens (including phenoxy) is 1. The highest BCUT2D eigenvalue weighted by atomic mass is 32.2. The van der Waals surface area contributed by atoms with E-state index in [0.29, 0.717) is 0 Å². The summed E-state index contributed by atoms with van der Waals surface area (Å²) in [6.45, 7) is 5.24. The number of pyridine rings is 1. The lowest BCUT2D eigenvalue weighted by Crippen LogP contribution is -2.36. The average Bonchev–Trinajstić information content (AvgIpc) is 2.71. The topological polar surface area (TPSA) is 60.9 Å². The van der Waals surface area contributed by atoms with E-state index >= 15 is 0 Å². The molecule has 1 aliphatic heterocycles. The number of anilines is 2. The molecule has 0 radical (unpaired) electrons. The van der Waals surface area contributed by atoms with E-state index in [-0.39, 0.29) is 0 Å². The van der Waals surface area contributed by atoms with Crippen LogP contribution in [0.15, 0.2) is 59.6 Å². The van der Waals surface area contributed by atoms with Gasteiger partial charge < -0.3 is 9.64 Å². The first kappa shape index (κ1) is 18.1. The van der Waals surface area contributed by atoms with Crippen LogP contribution in [-0.4, -0.2) is 41.1 Å². The standard InChI is InChI=1S/C20H22N4O2S/c1-15-4-6-16(7-5-15)27-24(25)22-18-8-9-19(23-11-13-26-14-12-23)17-3-2-10-21-20(17)18/h2-10,22,25H,11-14H2,1H3. The predicted octanol–water partition coefficient (Wildman–Crippen LogP) is 4.11. The fraction of sp³-hybridized carbons (Fsp3) is 0.250. The molecule has 0 bridgehead atoms. The highest BCUT2D eigenvalue weighted by molar-refractivity contribution is 7.97. The van der Waals surface area contributed by atoms with Gasteiger partial charge in [0, 0.05) is 47.2 Å². The van der Waals surface area contributed by atoms with Crippen LogP contribution in [0.3, 0.4) is 0 Å². The molecule has 1 fully saturated rings. The largest absolute Gasteiger partial charge is 0.378 e. The van der Waals surface area contributed by atoms with Gasteiger partial charge in [0.25, 0.3) is 0 Å². The van der Waals surface area contributed by atoms with Crippen molar-refractivity contribution < 1.29 is 9.94 Å². The van der Waals surface area contributed by atoms with Crippen molar-refractivity contribution in [3.05, 3.63) is 60.3 Å². The summed E-state index contributed by atoms with van der Waals surface area (Å²) < 4.78 is 6.48. The first-order valence-corrected chi connectivity index (χ1v) is 9.69. The summed E-state index contributed by atoms with van der Waals surface area (Å²) in [5.74, 6) is 0. The number of aromatic nitrogens is 1. The molecule has 0 saturated carbocycles. The number of benzene rings is 2. The fourth-order valence-corrected chi connectivity index (χ4v) is 3.75. The van der Waals surface area contributed by atoms with E-state index in [4.69, 9.17) is 4.74 Å². The monoisotopic (exact) mass is 382 g/mol. The number of aryl methyl sites for hydroxylation is 1. The summed E-state index contributed by atoms with van der Waals surface area (Å²) in [6, 6.07) is 16.0. The molecule has 1 aromatic heterocycles. The Kier molecular flexibility index (Phi) is 5.45. The van der Waals surface area contributed by atoms with Gasteiger partial charge in [-0.05, 0) is 47.9 Å². The summed E-state index contributed by atoms with van der Waals surface area (Å²) in [5.41, 5.74) is 6.93. The van der Waals surface area contributed by atoms with Gasteiger partial charge in [0.15, 0.2) is 0 Å². The van der Waals surface area contributed by atoms with Crippen molar-refractivity contribution in [1.29, 1.82) is 0 Å². The molecule has 2 N–H and O–H groups in total. The third-order valence-corrected chi connectivity index (χ3v) is 5.27. The number of hydrogen-bond acceptors (Lipinski definition) is 7. The predicted molar refractivity (Wildman–Crippen MR) is 109 cm³/mol. The number of rotatable bonds is 5. The van der Waals surface area contributed by atoms with Crippen LogP contribution in [0.5, 0.6) is 0 Å². The average molecular weight is 382 g/mol. The van der Waals surface area contributed by atoms with Gasteiger partial charge in [-0.15, -0.1) is 0 Å². The van der Waals surface area contributed by atoms with Crippen LogP contribution in [0, 0.1) is 6.92 Å². The van der Waals surface area contributed by atoms with Gasteiger partial charge in [-0.2, -0.15) is 0 Å². The summed E-state index contributed by atoms with van der Waals surface area (Å²) >= 11 is 1.21. The third-order valence-electron chi connectivity index (χ3n) is 4.53. The number of fused-ring (bicyclic) bond motifs is 1. The molecule has 0 aliphatic carbocycles. The van der Waals surface area contributed by atoms with Crippen molar-refractivity contribution in [3.8, 4) is 0 Å². The maximum absolute atomic E-state index is 10.3. The second-order valence-electron chi connectivity index (χ2n) is 6.42. The summed E-state index contributed by atoms with van der Waals surface area (Å²) in [4.78, 5) is 7.80. The highest BCUT2D eigenvalue weighted by Gasteiger charge is 2.16. The Morgan fingerprint density at radius 1 is 1.11 bits per heavy atom. The lowest BCUT2D eigenvalue weighted by molar-refractivity contribution is 0.0440. The minimum Gasteiger partial charge on any atom is -0.378 e. The fourth-order valence-electron chi connectivity index (χ4n) is 3.15. The lowest BCUT2D eigenvalue weighted by Gasteiger charge is -2.30. The maximum Gasteiger partial charge on any atom is 0.0968 e. The number of nitrogens with zero attached hydrogens (tertiary/aromatic N) is 3. The lowest BCUT2D eigenvalue weighted by atomic mass is 10.1. The van der Waals surface area contributed by atoms with Crippen LogP contribution in [0.25, 0.3) is 10.9 Å². The van der Waals surface area contributed by atoms with E-state index in [0.717, 1.165) is 58.1 Å². The van der Waals surface area contributed by atoms with Crippen molar-refractivity contribution in [1.82, 2.24) is 9.56 Å². The van der Waals surface area contributed by atoms with Crippen LogP contribution in [-0.2, 0) is 4.74 Å². The van der Waals surface area contributed by atoms with Gasteiger partial charge in [0.05, 0.1) is 24.4 Å². The number of morpholine rings is 1. The van der Waals surface area contributed by atoms with Crippen molar-refractivity contribution in [2.45, 2.75) is 11.8 Å². The maximum atomic E-state index is 10.3. The first-order chi connectivity index (χ1) is 13.2. The molecular formula is C20H22N4O2S. The molecule has 0 atom stereocenters. The second-order valence-corrected chi connectivity index (χ2v) is 7.42. The van der Waals surface area contributed by atoms with E-state index in [1.54, 1.807) is 6.20 Å². The Morgan fingerprint density at radius 3 is 2.67 bits per heavy atom. The molecule has 4 rings (SSSR count). The summed E-state index contributed by atoms with van der Waals surface area (Å²) in [7, 11) is 0. The van der Waals surface area contributed by atoms with Gasteiger partial charge >= 0.3 is 0 Å². The second kappa shape index (κ2) is 8.14. The zero-order valence-electron chi connectivity index (χ0n) is 15.1. The van der Waals surface area contributed by atoms with E-state index < -0.39 is 0 Å². The summed E-state index contributed by atoms with van der Waals surface area (Å²) in [5, 5.41) is 11.4. The molecular weight excluding hydrogens is 360 g/mol. The molecule has 0 spiro atoms. The Labute approximate surface area is 162 Å². The molecule has 1 saturated heterocycles. The third kappa shape index (κ3) is 4.17. The van der Waals surface area contributed by atoms with Gasteiger partial charge in [0.1, 0.15) is 0 Å². The zero-order valence-corrected chi connectivity index (χ0v) is 15.9. The molecule has 2 heterocycles. The molecule has 7 heteroatoms. The van der Waals surface area contributed by atoms with Gasteiger partial charge in [-0.25, -0.2) is 0 Å². The number of nitrogens with one attached hydrogen (secondary N) is 1. The zero-order chi connectivity index (χ0) is 18.6. The summed E-state index contributed by atoms with van der Waals surface area (Å²) in [6.07, 6.45) is 1.77. The molecule has 6 nitrogen and oxygen atoms in total. The number of hydrazine groups is 1. The molecule has 140 valence electrons. The van der Waals surface area contributed by atoms with Crippen molar-refractivity contribution in [3.63, 3.8) is 0 Å².